The Labute approximate surface area is 286 Å². The van der Waals surface area contributed by atoms with Crippen LogP contribution < -0.4 is 4.72 Å². The highest BCUT2D eigenvalue weighted by atomic mass is 32.2. The van der Waals surface area contributed by atoms with Gasteiger partial charge in [-0.1, -0.05) is 110 Å². The average molecular weight is 682 g/mol. The van der Waals surface area contributed by atoms with Gasteiger partial charge in [0.15, 0.2) is 0 Å². The summed E-state index contributed by atoms with van der Waals surface area (Å²) in [6.45, 7) is 8.87. The molecule has 3 aromatic carbocycles. The van der Waals surface area contributed by atoms with Crippen LogP contribution in [0.1, 0.15) is 50.8 Å². The molecule has 6 nitrogen and oxygen atoms in total. The van der Waals surface area contributed by atoms with Crippen molar-refractivity contribution >= 4 is 22.7 Å². The number of hydrogen-bond acceptors (Lipinski definition) is 6. The fraction of sp³-hybridized carbons (Fsp3) is 0.474. The van der Waals surface area contributed by atoms with Crippen LogP contribution >= 0.6 is 11.8 Å². The number of thioether (sulfide) groups is 1. The van der Waals surface area contributed by atoms with E-state index in [1.807, 2.05) is 124 Å². The maximum absolute atomic E-state index is 15.2. The highest BCUT2D eigenvalue weighted by Gasteiger charge is 2.52. The first-order chi connectivity index (χ1) is 22.7. The van der Waals surface area contributed by atoms with Gasteiger partial charge < -0.3 is 18.9 Å². The zero-order chi connectivity index (χ0) is 33.2. The summed E-state index contributed by atoms with van der Waals surface area (Å²) >= 11 is 1.41. The van der Waals surface area contributed by atoms with E-state index in [9.17, 15) is 4.21 Å². The van der Waals surface area contributed by atoms with Crippen LogP contribution in [-0.2, 0) is 49.8 Å². The van der Waals surface area contributed by atoms with Crippen LogP contribution in [0, 0.1) is 5.92 Å². The monoisotopic (exact) mass is 681 g/mol. The van der Waals surface area contributed by atoms with Gasteiger partial charge in [-0.05, 0) is 49.8 Å². The summed E-state index contributed by atoms with van der Waals surface area (Å²) in [7, 11) is -1.41. The molecular weight excluding hydrogens is 634 g/mol. The van der Waals surface area contributed by atoms with Gasteiger partial charge in [0.2, 0.25) is 0 Å². The summed E-state index contributed by atoms with van der Waals surface area (Å²) in [6, 6.07) is 29.6. The third-order valence-corrected chi connectivity index (χ3v) is 11.2. The van der Waals surface area contributed by atoms with Crippen LogP contribution in [0.15, 0.2) is 103 Å². The number of fused-ring (bicyclic) bond motifs is 2. The Kier molecular flexibility index (Phi) is 13.3. The van der Waals surface area contributed by atoms with Crippen molar-refractivity contribution < 1.29 is 27.5 Å². The Hall–Kier alpha value is -2.37. The van der Waals surface area contributed by atoms with E-state index in [1.165, 1.54) is 11.8 Å². The van der Waals surface area contributed by atoms with E-state index in [-0.39, 0.29) is 11.7 Å². The molecular formula is C38H48FNO5S2. The Morgan fingerprint density at radius 1 is 0.809 bits per heavy atom. The minimum absolute atomic E-state index is 0.151. The van der Waals surface area contributed by atoms with Crippen LogP contribution in [0.5, 0.6) is 0 Å². The lowest BCUT2D eigenvalue weighted by molar-refractivity contribution is -0.252. The maximum atomic E-state index is 15.2. The van der Waals surface area contributed by atoms with Gasteiger partial charge in [-0.25, -0.2) is 13.3 Å². The zero-order valence-electron chi connectivity index (χ0n) is 27.7. The molecule has 1 N–H and O–H groups in total. The molecule has 1 fully saturated rings. The van der Waals surface area contributed by atoms with Gasteiger partial charge in [-0.3, -0.25) is 0 Å². The van der Waals surface area contributed by atoms with Crippen molar-refractivity contribution in [2.24, 2.45) is 5.92 Å². The number of allylic oxidation sites excluding steroid dienone is 1. The highest BCUT2D eigenvalue weighted by Crippen LogP contribution is 2.39. The van der Waals surface area contributed by atoms with Gasteiger partial charge >= 0.3 is 0 Å². The summed E-state index contributed by atoms with van der Waals surface area (Å²) < 4.78 is 59.1. The molecule has 0 spiro atoms. The first-order valence-electron chi connectivity index (χ1n) is 16.4. The lowest BCUT2D eigenvalue weighted by Gasteiger charge is -2.49. The number of hydrogen-bond donors (Lipinski definition) is 1. The Bertz CT molecular complexity index is 1410. The molecule has 3 aromatic rings. The van der Waals surface area contributed by atoms with Crippen LogP contribution in [0.4, 0.5) is 4.39 Å². The summed E-state index contributed by atoms with van der Waals surface area (Å²) in [6.07, 6.45) is 0.786. The van der Waals surface area contributed by atoms with Gasteiger partial charge in [0.05, 0.1) is 41.6 Å². The minimum Gasteiger partial charge on any atom is -0.368 e. The van der Waals surface area contributed by atoms with Crippen molar-refractivity contribution in [3.63, 3.8) is 0 Å². The molecule has 9 heteroatoms. The molecule has 2 bridgehead atoms. The van der Waals surface area contributed by atoms with E-state index in [0.29, 0.717) is 26.2 Å². The molecule has 47 heavy (non-hydrogen) atoms. The standard InChI is InChI=1S/C38H48FNO5S2/c1-27-15-14-22-31(39)26-46-37-36(44-25-30-20-12-7-13-21-30)35(43-24-29-18-10-6-11-19-29)34(42-23-28-16-8-5-9-17-28)33(45-37)32(27)40-47(41)38(2,3)4/h5-21,27,31-37,40H,22-26H2,1-4H3/b15-14-/t27-,31+,32-,33-,34+,35+,36-,37-,47-/m1/s1. The fourth-order valence-corrected chi connectivity index (χ4v) is 7.83. The molecule has 0 amide bonds. The quantitative estimate of drug-likeness (QED) is 0.211. The second kappa shape index (κ2) is 17.3. The van der Waals surface area contributed by atoms with Crippen molar-refractivity contribution in [2.45, 2.75) is 101 Å². The van der Waals surface area contributed by atoms with Crippen molar-refractivity contribution in [2.75, 3.05) is 5.75 Å². The van der Waals surface area contributed by atoms with Gasteiger partial charge in [0.25, 0.3) is 0 Å². The van der Waals surface area contributed by atoms with Crippen LogP contribution in [-0.4, -0.2) is 56.8 Å². The Balaban J connectivity index is 1.57. The van der Waals surface area contributed by atoms with Gasteiger partial charge in [0, 0.05) is 5.75 Å². The summed E-state index contributed by atoms with van der Waals surface area (Å²) in [5.41, 5.74) is 2.49. The molecule has 9 atom stereocenters. The molecule has 5 rings (SSSR count). The molecule has 0 aliphatic carbocycles. The van der Waals surface area contributed by atoms with Crippen molar-refractivity contribution in [1.29, 1.82) is 0 Å². The van der Waals surface area contributed by atoms with E-state index in [2.05, 4.69) is 11.6 Å². The zero-order valence-corrected chi connectivity index (χ0v) is 29.3. The molecule has 1 saturated heterocycles. The highest BCUT2D eigenvalue weighted by molar-refractivity contribution is 7.99. The van der Waals surface area contributed by atoms with Gasteiger partial charge in [-0.15, -0.1) is 11.8 Å². The van der Waals surface area contributed by atoms with Crippen molar-refractivity contribution in [3.8, 4) is 0 Å². The van der Waals surface area contributed by atoms with Crippen molar-refractivity contribution in [1.82, 2.24) is 4.72 Å². The second-order valence-corrected chi connectivity index (χ2v) is 16.4. The third-order valence-electron chi connectivity index (χ3n) is 8.38. The van der Waals surface area contributed by atoms with E-state index in [0.717, 1.165) is 16.7 Å². The number of alkyl halides is 1. The molecule has 0 saturated carbocycles. The first-order valence-corrected chi connectivity index (χ1v) is 18.6. The summed E-state index contributed by atoms with van der Waals surface area (Å²) in [4.78, 5) is 0. The lowest BCUT2D eigenvalue weighted by atomic mass is 9.87. The third kappa shape index (κ3) is 10.3. The van der Waals surface area contributed by atoms with Crippen LogP contribution in [0.2, 0.25) is 0 Å². The van der Waals surface area contributed by atoms with E-state index >= 15 is 4.39 Å². The molecule has 0 aromatic heterocycles. The van der Waals surface area contributed by atoms with Crippen LogP contribution in [0.25, 0.3) is 0 Å². The van der Waals surface area contributed by atoms with E-state index in [4.69, 9.17) is 18.9 Å². The summed E-state index contributed by atoms with van der Waals surface area (Å²) in [5.74, 6) is 0.0930. The van der Waals surface area contributed by atoms with Gasteiger partial charge in [-0.2, -0.15) is 0 Å². The molecule has 0 radical (unpaired) electrons. The van der Waals surface area contributed by atoms with E-state index < -0.39 is 57.8 Å². The smallest absolute Gasteiger partial charge is 0.132 e. The second-order valence-electron chi connectivity index (χ2n) is 13.2. The predicted molar refractivity (Wildman–Crippen MR) is 189 cm³/mol. The lowest BCUT2D eigenvalue weighted by Crippen LogP contribution is -2.65. The molecule has 254 valence electrons. The van der Waals surface area contributed by atoms with Crippen molar-refractivity contribution in [3.05, 3.63) is 120 Å². The number of ether oxygens (including phenoxy) is 4. The Morgan fingerprint density at radius 3 is 1.81 bits per heavy atom. The minimum atomic E-state index is -1.41. The van der Waals surface area contributed by atoms with Gasteiger partial charge in [0.1, 0.15) is 36.0 Å². The normalized spacial score (nSPS) is 29.8. The summed E-state index contributed by atoms with van der Waals surface area (Å²) in [5, 5.41) is 0. The van der Waals surface area contributed by atoms with E-state index in [1.54, 1.807) is 0 Å². The predicted octanol–water partition coefficient (Wildman–Crippen LogP) is 7.56. The number of halogens is 1. The molecule has 2 heterocycles. The van der Waals surface area contributed by atoms with Crippen LogP contribution in [0.3, 0.4) is 0 Å². The fourth-order valence-electron chi connectivity index (χ4n) is 5.72. The number of nitrogens with one attached hydrogen (secondary N) is 1. The largest absolute Gasteiger partial charge is 0.368 e. The molecule has 2 aliphatic heterocycles. The average Bonchev–Trinajstić information content (AvgIpc) is 3.09. The topological polar surface area (TPSA) is 66.0 Å². The Morgan fingerprint density at radius 2 is 1.30 bits per heavy atom. The number of rotatable bonds is 11. The maximum Gasteiger partial charge on any atom is 0.132 e. The molecule has 0 unspecified atom stereocenters. The molecule has 2 aliphatic rings. The number of benzene rings is 3. The SMILES string of the molecule is C[C@@H]1/C=C\C[C@H](F)CS[C@H]2O[C@H]([C@@H]1N[S@](=O)C(C)(C)C)[C@H](OCc1ccccc1)[C@H](OCc1ccccc1)[C@H]2OCc1ccccc1. The first kappa shape index (κ1) is 35.9.